The molecule has 1 aliphatic heterocycles. The Morgan fingerprint density at radius 3 is 2.15 bits per heavy atom. The molecule has 1 aromatic carbocycles. The summed E-state index contributed by atoms with van der Waals surface area (Å²) in [5.74, 6) is -1.08. The molecule has 1 heterocycles. The lowest BCUT2D eigenvalue weighted by atomic mass is 9.81. The predicted octanol–water partition coefficient (Wildman–Crippen LogP) is 1.55. The van der Waals surface area contributed by atoms with Crippen molar-refractivity contribution in [2.24, 2.45) is 11.8 Å². The summed E-state index contributed by atoms with van der Waals surface area (Å²) in [7, 11) is 1.55. The van der Waals surface area contributed by atoms with Crippen molar-refractivity contribution in [3.63, 3.8) is 0 Å². The molecule has 0 aromatic heterocycles. The number of carbonyl (C=O) groups excluding carboxylic acids is 4. The van der Waals surface area contributed by atoms with E-state index in [1.807, 2.05) is 0 Å². The van der Waals surface area contributed by atoms with Crippen molar-refractivity contribution in [2.45, 2.75) is 32.1 Å². The van der Waals surface area contributed by atoms with Gasteiger partial charge in [-0.25, -0.2) is 0 Å². The highest BCUT2D eigenvalue weighted by atomic mass is 16.2. The van der Waals surface area contributed by atoms with Crippen LogP contribution in [0.4, 0.5) is 5.69 Å². The van der Waals surface area contributed by atoms with Gasteiger partial charge in [0.1, 0.15) is 0 Å². The molecule has 7 nitrogen and oxygen atoms in total. The number of hydrogen-bond donors (Lipinski definition) is 2. The largest absolute Gasteiger partial charge is 0.355 e. The summed E-state index contributed by atoms with van der Waals surface area (Å²) < 4.78 is 0. The Morgan fingerprint density at radius 2 is 1.62 bits per heavy atom. The van der Waals surface area contributed by atoms with Gasteiger partial charge in [0.25, 0.3) is 5.91 Å². The van der Waals surface area contributed by atoms with E-state index < -0.39 is 0 Å². The first-order valence-corrected chi connectivity index (χ1v) is 8.98. The second kappa shape index (κ2) is 7.68. The van der Waals surface area contributed by atoms with Crippen molar-refractivity contribution in [1.29, 1.82) is 0 Å². The molecule has 4 amide bonds. The minimum atomic E-state index is -0.270. The highest BCUT2D eigenvalue weighted by Gasteiger charge is 2.47. The topological polar surface area (TPSA) is 95.6 Å². The Balaban J connectivity index is 1.53. The molecule has 0 bridgehead atoms. The quantitative estimate of drug-likeness (QED) is 0.782. The van der Waals surface area contributed by atoms with Crippen LogP contribution in [0.15, 0.2) is 24.3 Å². The Kier molecular flexibility index (Phi) is 5.35. The number of anilines is 1. The lowest BCUT2D eigenvalue weighted by Crippen LogP contribution is -2.34. The van der Waals surface area contributed by atoms with E-state index in [1.165, 1.54) is 4.90 Å². The van der Waals surface area contributed by atoms with Crippen LogP contribution in [-0.2, 0) is 14.4 Å². The first kappa shape index (κ1) is 18.1. The zero-order chi connectivity index (χ0) is 18.7. The van der Waals surface area contributed by atoms with Gasteiger partial charge in [0.05, 0.1) is 11.8 Å². The molecule has 0 unspecified atom stereocenters. The van der Waals surface area contributed by atoms with E-state index in [9.17, 15) is 19.2 Å². The van der Waals surface area contributed by atoms with Crippen LogP contribution in [0.25, 0.3) is 0 Å². The van der Waals surface area contributed by atoms with E-state index >= 15 is 0 Å². The number of nitrogens with one attached hydrogen (secondary N) is 2. The van der Waals surface area contributed by atoms with Crippen molar-refractivity contribution < 1.29 is 19.2 Å². The second-order valence-corrected chi connectivity index (χ2v) is 6.78. The smallest absolute Gasteiger partial charge is 0.251 e. The zero-order valence-electron chi connectivity index (χ0n) is 14.8. The third-order valence-corrected chi connectivity index (χ3v) is 5.15. The molecule has 0 radical (unpaired) electrons. The van der Waals surface area contributed by atoms with Crippen molar-refractivity contribution >= 4 is 29.3 Å². The predicted molar refractivity (Wildman–Crippen MR) is 95.2 cm³/mol. The van der Waals surface area contributed by atoms with Crippen molar-refractivity contribution in [3.8, 4) is 0 Å². The van der Waals surface area contributed by atoms with Crippen LogP contribution in [0.5, 0.6) is 0 Å². The lowest BCUT2D eigenvalue weighted by Gasteiger charge is -2.19. The van der Waals surface area contributed by atoms with Gasteiger partial charge < -0.3 is 10.6 Å². The monoisotopic (exact) mass is 357 g/mol. The Hall–Kier alpha value is -2.70. The molecule has 2 atom stereocenters. The molecule has 2 aliphatic rings. The second-order valence-electron chi connectivity index (χ2n) is 6.78. The van der Waals surface area contributed by atoms with Gasteiger partial charge in [-0.15, -0.1) is 0 Å². The van der Waals surface area contributed by atoms with Gasteiger partial charge >= 0.3 is 0 Å². The highest BCUT2D eigenvalue weighted by molar-refractivity contribution is 6.05. The van der Waals surface area contributed by atoms with E-state index in [2.05, 4.69) is 10.6 Å². The average Bonchev–Trinajstić information content (AvgIpc) is 2.91. The number of fused-ring (bicyclic) bond motifs is 1. The molecule has 1 saturated heterocycles. The van der Waals surface area contributed by atoms with Gasteiger partial charge in [-0.1, -0.05) is 12.8 Å². The average molecular weight is 357 g/mol. The SMILES string of the molecule is CNC(=O)c1ccc(NC(=O)CCN2C(=O)[C@H]3CCCC[C@H]3C2=O)cc1. The van der Waals surface area contributed by atoms with Crippen LogP contribution in [0.1, 0.15) is 42.5 Å². The summed E-state index contributed by atoms with van der Waals surface area (Å²) >= 11 is 0. The number of benzene rings is 1. The Morgan fingerprint density at radius 1 is 1.04 bits per heavy atom. The molecule has 26 heavy (non-hydrogen) atoms. The maximum atomic E-state index is 12.4. The third kappa shape index (κ3) is 3.61. The summed E-state index contributed by atoms with van der Waals surface area (Å²) in [6.45, 7) is 0.118. The number of carbonyl (C=O) groups is 4. The molecule has 3 rings (SSSR count). The Bertz CT molecular complexity index is 705. The highest BCUT2D eigenvalue weighted by Crippen LogP contribution is 2.37. The first-order chi connectivity index (χ1) is 12.5. The fraction of sp³-hybridized carbons (Fsp3) is 0.474. The molecule has 1 saturated carbocycles. The molecule has 0 spiro atoms. The molecular formula is C19H23N3O4. The van der Waals surface area contributed by atoms with Gasteiger partial charge in [0.2, 0.25) is 17.7 Å². The van der Waals surface area contributed by atoms with Gasteiger partial charge in [-0.2, -0.15) is 0 Å². The van der Waals surface area contributed by atoms with Gasteiger partial charge in [0, 0.05) is 31.3 Å². The normalized spacial score (nSPS) is 22.1. The summed E-state index contributed by atoms with van der Waals surface area (Å²) in [4.78, 5) is 49.7. The fourth-order valence-electron chi connectivity index (χ4n) is 3.74. The summed E-state index contributed by atoms with van der Waals surface area (Å²) in [6, 6.07) is 6.52. The van der Waals surface area contributed by atoms with E-state index in [1.54, 1.807) is 31.3 Å². The number of nitrogens with zero attached hydrogens (tertiary/aromatic N) is 1. The maximum Gasteiger partial charge on any atom is 0.251 e. The molecule has 1 aliphatic carbocycles. The minimum Gasteiger partial charge on any atom is -0.355 e. The van der Waals surface area contributed by atoms with E-state index in [0.717, 1.165) is 25.7 Å². The molecule has 2 N–H and O–H groups in total. The van der Waals surface area contributed by atoms with Crippen LogP contribution < -0.4 is 10.6 Å². The zero-order valence-corrected chi connectivity index (χ0v) is 14.8. The van der Waals surface area contributed by atoms with Crippen LogP contribution in [0.2, 0.25) is 0 Å². The summed E-state index contributed by atoms with van der Waals surface area (Å²) in [5.41, 5.74) is 1.07. The van der Waals surface area contributed by atoms with E-state index in [4.69, 9.17) is 0 Å². The summed E-state index contributed by atoms with van der Waals surface area (Å²) in [6.07, 6.45) is 3.58. The Labute approximate surface area is 152 Å². The number of likely N-dealkylation sites (tertiary alicyclic amines) is 1. The maximum absolute atomic E-state index is 12.4. The number of amides is 4. The first-order valence-electron chi connectivity index (χ1n) is 8.98. The van der Waals surface area contributed by atoms with Crippen LogP contribution in [0.3, 0.4) is 0 Å². The van der Waals surface area contributed by atoms with Crippen LogP contribution in [-0.4, -0.2) is 42.1 Å². The van der Waals surface area contributed by atoms with Gasteiger partial charge in [-0.3, -0.25) is 24.1 Å². The summed E-state index contributed by atoms with van der Waals surface area (Å²) in [5, 5.41) is 5.25. The minimum absolute atomic E-state index is 0.0636. The number of hydrogen-bond acceptors (Lipinski definition) is 4. The third-order valence-electron chi connectivity index (χ3n) is 5.15. The lowest BCUT2D eigenvalue weighted by molar-refractivity contribution is -0.140. The number of rotatable bonds is 5. The van der Waals surface area contributed by atoms with Crippen molar-refractivity contribution in [1.82, 2.24) is 10.2 Å². The standard InChI is InChI=1S/C19H23N3O4/c1-20-17(24)12-6-8-13(9-7-12)21-16(23)10-11-22-18(25)14-4-2-3-5-15(14)19(22)26/h6-9,14-15H,2-5,10-11H2,1H3,(H,20,24)(H,21,23)/t14-,15+. The van der Waals surface area contributed by atoms with Gasteiger partial charge in [-0.05, 0) is 37.1 Å². The number of imide groups is 1. The van der Waals surface area contributed by atoms with Crippen molar-refractivity contribution in [3.05, 3.63) is 29.8 Å². The molecule has 138 valence electrons. The molecule has 7 heteroatoms. The van der Waals surface area contributed by atoms with E-state index in [0.29, 0.717) is 11.3 Å². The van der Waals surface area contributed by atoms with Crippen LogP contribution >= 0.6 is 0 Å². The van der Waals surface area contributed by atoms with E-state index in [-0.39, 0.29) is 48.4 Å². The molecular weight excluding hydrogens is 334 g/mol. The molecule has 2 fully saturated rings. The van der Waals surface area contributed by atoms with Crippen LogP contribution in [0, 0.1) is 11.8 Å². The molecule has 1 aromatic rings. The van der Waals surface area contributed by atoms with Gasteiger partial charge in [0.15, 0.2) is 0 Å². The van der Waals surface area contributed by atoms with Crippen molar-refractivity contribution in [2.75, 3.05) is 18.9 Å². The fourth-order valence-corrected chi connectivity index (χ4v) is 3.74.